The number of pyridine rings is 1. The highest BCUT2D eigenvalue weighted by atomic mass is 32.1. The normalized spacial score (nSPS) is 25.0. The van der Waals surface area contributed by atoms with E-state index in [2.05, 4.69) is 101 Å². The van der Waals surface area contributed by atoms with Crippen LogP contribution < -0.4 is 26.0 Å². The van der Waals surface area contributed by atoms with Gasteiger partial charge in [0.2, 0.25) is 5.91 Å². The Hall–Kier alpha value is -2.84. The Labute approximate surface area is 281 Å². The molecule has 1 aliphatic carbocycles. The number of ether oxygens (including phenoxy) is 1. The summed E-state index contributed by atoms with van der Waals surface area (Å²) < 4.78 is 6.57. The van der Waals surface area contributed by atoms with E-state index < -0.39 is 11.6 Å². The maximum atomic E-state index is 14.0. The van der Waals surface area contributed by atoms with Crippen LogP contribution in [0.1, 0.15) is 77.0 Å². The number of hydrogen-bond donors (Lipinski definition) is 3. The van der Waals surface area contributed by atoms with Crippen LogP contribution in [-0.2, 0) is 11.2 Å². The first-order valence-electron chi connectivity index (χ1n) is 16.7. The molecule has 5 atom stereocenters. The molecule has 1 aliphatic heterocycles. The molecule has 2 aromatic heterocycles. The average molecular weight is 663 g/mol. The topological polar surface area (TPSA) is 91.4 Å². The fraction of sp³-hybridized carbons (Fsp3) is 0.528. The second-order valence-corrected chi connectivity index (χ2v) is 14.5. The molecule has 46 heavy (non-hydrogen) atoms. The largest absolute Gasteiger partial charge is 0.493 e. The van der Waals surface area contributed by atoms with Crippen molar-refractivity contribution in [2.75, 3.05) is 27.2 Å². The van der Waals surface area contributed by atoms with E-state index in [1.165, 1.54) is 5.56 Å². The zero-order valence-electron chi connectivity index (χ0n) is 28.3. The Morgan fingerprint density at radius 1 is 1.30 bits per heavy atom. The third-order valence-corrected chi connectivity index (χ3v) is 11.1. The molecule has 1 fully saturated rings. The molecule has 5 rings (SSSR count). The monoisotopic (exact) mass is 662 g/mol. The summed E-state index contributed by atoms with van der Waals surface area (Å²) in [6, 6.07) is 5.81. The molecule has 0 bridgehead atoms. The van der Waals surface area contributed by atoms with Crippen LogP contribution in [-0.4, -0.2) is 65.8 Å². The van der Waals surface area contributed by atoms with E-state index in [0.717, 1.165) is 82.7 Å². The second-order valence-electron chi connectivity index (χ2n) is 13.1. The van der Waals surface area contributed by atoms with Gasteiger partial charge in [0, 0.05) is 41.9 Å². The molecule has 1 aromatic carbocycles. The van der Waals surface area contributed by atoms with Crippen LogP contribution in [0.3, 0.4) is 0 Å². The van der Waals surface area contributed by atoms with E-state index in [4.69, 9.17) is 14.7 Å². The van der Waals surface area contributed by atoms with Gasteiger partial charge in [-0.25, -0.2) is 9.97 Å². The number of fused-ring (bicyclic) bond motifs is 2. The summed E-state index contributed by atoms with van der Waals surface area (Å²) >= 11 is 1.61. The van der Waals surface area contributed by atoms with Crippen molar-refractivity contribution in [3.63, 3.8) is 0 Å². The number of aryl methyl sites for hydroxylation is 1. The zero-order chi connectivity index (χ0) is 33.0. The maximum absolute atomic E-state index is 14.0. The third kappa shape index (κ3) is 7.49. The van der Waals surface area contributed by atoms with Crippen molar-refractivity contribution in [1.29, 1.82) is 0 Å². The van der Waals surface area contributed by atoms with Crippen LogP contribution in [0.5, 0.6) is 5.75 Å². The summed E-state index contributed by atoms with van der Waals surface area (Å²) in [5.74, 6) is 1.31. The summed E-state index contributed by atoms with van der Waals surface area (Å²) in [6.45, 7) is 14.2. The van der Waals surface area contributed by atoms with Gasteiger partial charge in [0.15, 0.2) is 0 Å². The van der Waals surface area contributed by atoms with Crippen molar-refractivity contribution in [1.82, 2.24) is 30.8 Å². The Morgan fingerprint density at radius 3 is 2.83 bits per heavy atom. The second kappa shape index (κ2) is 14.9. The number of nitrogens with zero attached hydrogens (tertiary/aromatic N) is 3. The Kier molecular flexibility index (Phi) is 11.2. The first-order valence-corrected chi connectivity index (χ1v) is 18.2. The van der Waals surface area contributed by atoms with Crippen LogP contribution in [0.25, 0.3) is 21.6 Å². The molecule has 0 spiro atoms. The van der Waals surface area contributed by atoms with Gasteiger partial charge in [0.1, 0.15) is 16.5 Å². The molecule has 2 aliphatic rings. The zero-order valence-corrected chi connectivity index (χ0v) is 30.3. The number of amides is 1. The summed E-state index contributed by atoms with van der Waals surface area (Å²) in [6.07, 6.45) is 10.1. The molecule has 3 aromatic rings. The van der Waals surface area contributed by atoms with Crippen molar-refractivity contribution in [3.05, 3.63) is 59.3 Å². The van der Waals surface area contributed by atoms with Crippen molar-refractivity contribution in [2.24, 2.45) is 5.92 Å². The van der Waals surface area contributed by atoms with Crippen LogP contribution >= 0.6 is 20.6 Å². The predicted molar refractivity (Wildman–Crippen MR) is 195 cm³/mol. The van der Waals surface area contributed by atoms with Crippen molar-refractivity contribution >= 4 is 42.7 Å². The number of nitrogens with one attached hydrogen (secondary N) is 3. The van der Waals surface area contributed by atoms with Gasteiger partial charge in [-0.2, -0.15) is 0 Å². The van der Waals surface area contributed by atoms with E-state index in [0.29, 0.717) is 18.9 Å². The Bertz CT molecular complexity index is 1590. The summed E-state index contributed by atoms with van der Waals surface area (Å²) in [7, 11) is 6.88. The summed E-state index contributed by atoms with van der Waals surface area (Å²) in [4.78, 5) is 26.3. The van der Waals surface area contributed by atoms with Crippen molar-refractivity contribution in [3.8, 4) is 16.5 Å². The van der Waals surface area contributed by atoms with Gasteiger partial charge in [0.25, 0.3) is 0 Å². The molecule has 8 nitrogen and oxygen atoms in total. The van der Waals surface area contributed by atoms with E-state index in [1.54, 1.807) is 11.3 Å². The lowest BCUT2D eigenvalue weighted by molar-refractivity contribution is -0.124. The fourth-order valence-electron chi connectivity index (χ4n) is 6.22. The lowest BCUT2D eigenvalue weighted by atomic mass is 10.1. The molecule has 0 radical (unpaired) electrons. The average Bonchev–Trinajstić information content (AvgIpc) is 3.49. The minimum Gasteiger partial charge on any atom is -0.493 e. The van der Waals surface area contributed by atoms with Crippen LogP contribution in [0.4, 0.5) is 0 Å². The summed E-state index contributed by atoms with van der Waals surface area (Å²) in [5, 5.41) is 15.3. The lowest BCUT2D eigenvalue weighted by Gasteiger charge is -2.31. The smallest absolute Gasteiger partial charge is 0.238 e. The van der Waals surface area contributed by atoms with Crippen LogP contribution in [0, 0.1) is 5.92 Å². The number of allylic oxidation sites excluding steroid dienone is 1. The van der Waals surface area contributed by atoms with E-state index in [1.807, 2.05) is 13.1 Å². The van der Waals surface area contributed by atoms with E-state index in [-0.39, 0.29) is 18.0 Å². The lowest BCUT2D eigenvalue weighted by Crippen LogP contribution is -2.56. The van der Waals surface area contributed by atoms with E-state index in [9.17, 15) is 4.79 Å². The van der Waals surface area contributed by atoms with Gasteiger partial charge in [-0.15, -0.1) is 20.6 Å². The third-order valence-electron chi connectivity index (χ3n) is 9.57. The molecule has 3 N–H and O–H groups in total. The van der Waals surface area contributed by atoms with Gasteiger partial charge >= 0.3 is 0 Å². The van der Waals surface area contributed by atoms with Gasteiger partial charge in [0.05, 0.1) is 35.6 Å². The maximum Gasteiger partial charge on any atom is 0.238 e. The number of benzene rings is 1. The molecular weight excluding hydrogens is 611 g/mol. The van der Waals surface area contributed by atoms with Crippen molar-refractivity contribution in [2.45, 2.75) is 89.9 Å². The summed E-state index contributed by atoms with van der Waals surface area (Å²) in [5.41, 5.74) is 4.39. The number of hydrogen-bond acceptors (Lipinski definition) is 8. The molecule has 10 heteroatoms. The van der Waals surface area contributed by atoms with Crippen molar-refractivity contribution < 1.29 is 9.53 Å². The number of thiazole rings is 1. The highest BCUT2D eigenvalue weighted by molar-refractivity contribution is 7.28. The number of carbonyl (C=O) groups excluding carboxylic acids is 1. The number of aromatic nitrogens is 2. The van der Waals surface area contributed by atoms with Gasteiger partial charge in [-0.3, -0.25) is 15.0 Å². The quantitative estimate of drug-likeness (QED) is 0.194. The SMILES string of the molecule is C=C(NC)C12CC1/C=C\CCCCN(C)C(C)NC(CCOc1cc(-c3nc(C(C)C)cs3)nc3c(P)c(CC)ccc13)C(=O)N2. The van der Waals surface area contributed by atoms with Gasteiger partial charge in [-0.1, -0.05) is 45.6 Å². The van der Waals surface area contributed by atoms with Crippen LogP contribution in [0.2, 0.25) is 0 Å². The number of likely N-dealkylation sites (N-methyl/N-ethyl adjacent to an activating group) is 1. The molecule has 3 heterocycles. The standard InChI is InChI=1S/C36H51N6O2PS/c1-8-25-14-15-27-31(19-29(39-32(27)33(25)45)35-40-30(21-46-35)22(2)3)44-18-16-28-34(43)41-36(23(4)37-6)20-26(36)13-11-9-10-12-17-42(7)24(5)38-28/h11,13-15,19,21-22,24,26,28,37-38H,4,8-10,12,16-18,20,45H2,1-3,5-7H3,(H,41,43)/b13-11-. The van der Waals surface area contributed by atoms with Gasteiger partial charge < -0.3 is 15.4 Å². The molecule has 248 valence electrons. The number of carbonyl (C=O) groups is 1. The molecule has 5 unspecified atom stereocenters. The van der Waals surface area contributed by atoms with E-state index >= 15 is 0 Å². The first-order chi connectivity index (χ1) is 22.1. The fourth-order valence-corrected chi connectivity index (χ4v) is 7.68. The van der Waals surface area contributed by atoms with Gasteiger partial charge in [-0.05, 0) is 75.5 Å². The molecule has 0 saturated heterocycles. The molecule has 1 saturated carbocycles. The highest BCUT2D eigenvalue weighted by Gasteiger charge is 2.56. The molecular formula is C36H51N6O2PS. The van der Waals surface area contributed by atoms with Crippen LogP contribution in [0.15, 0.2) is 48.0 Å². The molecule has 1 amide bonds. The Morgan fingerprint density at radius 2 is 2.11 bits per heavy atom. The minimum atomic E-state index is -0.465. The number of rotatable bonds is 9. The minimum absolute atomic E-state index is 0.0215. The predicted octanol–water partition coefficient (Wildman–Crippen LogP) is 5.90. The highest BCUT2D eigenvalue weighted by Crippen LogP contribution is 2.48. The Balaban J connectivity index is 1.42. The first kappa shape index (κ1) is 34.5.